The van der Waals surface area contributed by atoms with Crippen molar-refractivity contribution in [1.82, 2.24) is 4.98 Å². The molecule has 0 aliphatic heterocycles. The Labute approximate surface area is 102 Å². The Morgan fingerprint density at radius 1 is 1.41 bits per heavy atom. The van der Waals surface area contributed by atoms with E-state index in [9.17, 15) is 10.1 Å². The van der Waals surface area contributed by atoms with Gasteiger partial charge in [0.05, 0.1) is 18.1 Å². The Bertz CT molecular complexity index is 613. The third-order valence-electron chi connectivity index (χ3n) is 2.47. The molecule has 0 unspecified atom stereocenters. The first-order valence-electron chi connectivity index (χ1n) is 4.82. The van der Waals surface area contributed by atoms with Gasteiger partial charge in [-0.25, -0.2) is 4.98 Å². The smallest absolute Gasteiger partial charge is 0.273 e. The Balaban J connectivity index is 2.87. The Kier molecular flexibility index (Phi) is 2.85. The predicted octanol–water partition coefficient (Wildman–Crippen LogP) is 3.11. The van der Waals surface area contributed by atoms with Gasteiger partial charge in [0.15, 0.2) is 5.75 Å². The molecule has 0 atom stereocenters. The minimum atomic E-state index is -0.462. The second kappa shape index (κ2) is 4.18. The number of methoxy groups -OCH3 is 1. The van der Waals surface area contributed by atoms with Gasteiger partial charge >= 0.3 is 0 Å². The zero-order valence-electron chi connectivity index (χ0n) is 9.23. The Morgan fingerprint density at radius 2 is 2.12 bits per heavy atom. The fraction of sp³-hybridized carbons (Fsp3) is 0.182. The first-order valence-corrected chi connectivity index (χ1v) is 5.20. The molecule has 0 saturated heterocycles. The first-order chi connectivity index (χ1) is 8.02. The van der Waals surface area contributed by atoms with E-state index in [2.05, 4.69) is 4.98 Å². The summed E-state index contributed by atoms with van der Waals surface area (Å²) in [4.78, 5) is 14.5. The van der Waals surface area contributed by atoms with Crippen molar-refractivity contribution in [3.05, 3.63) is 39.0 Å². The highest BCUT2D eigenvalue weighted by atomic mass is 35.5. The van der Waals surface area contributed by atoms with Crippen molar-refractivity contribution < 1.29 is 9.66 Å². The van der Waals surface area contributed by atoms with Crippen LogP contribution in [0, 0.1) is 17.0 Å². The van der Waals surface area contributed by atoms with Gasteiger partial charge in [0.1, 0.15) is 10.7 Å². The third kappa shape index (κ3) is 2.01. The van der Waals surface area contributed by atoms with E-state index in [1.54, 1.807) is 6.07 Å². The largest absolute Gasteiger partial charge is 0.494 e. The van der Waals surface area contributed by atoms with Gasteiger partial charge in [0.2, 0.25) is 0 Å². The standard InChI is InChI=1S/C11H9ClN2O3/c1-6-3-10(12)13-11-8(6)4-7(14(15)16)5-9(11)17-2/h3-5H,1-2H3. The summed E-state index contributed by atoms with van der Waals surface area (Å²) in [5.41, 5.74) is 1.33. The van der Waals surface area contributed by atoms with Crippen LogP contribution in [0.3, 0.4) is 0 Å². The maximum Gasteiger partial charge on any atom is 0.273 e. The Morgan fingerprint density at radius 3 is 2.71 bits per heavy atom. The van der Waals surface area contributed by atoms with Crippen LogP contribution in [-0.2, 0) is 0 Å². The van der Waals surface area contributed by atoms with E-state index in [1.165, 1.54) is 19.2 Å². The molecule has 0 radical (unpaired) electrons. The van der Waals surface area contributed by atoms with Crippen molar-refractivity contribution >= 4 is 28.2 Å². The molecule has 5 nitrogen and oxygen atoms in total. The molecule has 88 valence electrons. The molecule has 1 heterocycles. The molecule has 0 aliphatic rings. The summed E-state index contributed by atoms with van der Waals surface area (Å²) in [6.07, 6.45) is 0. The number of rotatable bonds is 2. The lowest BCUT2D eigenvalue weighted by Crippen LogP contribution is -1.94. The van der Waals surface area contributed by atoms with Crippen LogP contribution in [0.4, 0.5) is 5.69 Å². The van der Waals surface area contributed by atoms with Gasteiger partial charge < -0.3 is 4.74 Å². The molecule has 0 N–H and O–H groups in total. The number of benzene rings is 1. The highest BCUT2D eigenvalue weighted by molar-refractivity contribution is 6.30. The molecule has 0 bridgehead atoms. The number of non-ortho nitro benzene ring substituents is 1. The van der Waals surface area contributed by atoms with Gasteiger partial charge in [0, 0.05) is 11.5 Å². The minimum absolute atomic E-state index is 0.0263. The van der Waals surface area contributed by atoms with Crippen LogP contribution in [0.1, 0.15) is 5.56 Å². The molecule has 1 aromatic carbocycles. The van der Waals surface area contributed by atoms with E-state index < -0.39 is 4.92 Å². The molecule has 0 spiro atoms. The van der Waals surface area contributed by atoms with Crippen molar-refractivity contribution in [2.24, 2.45) is 0 Å². The van der Waals surface area contributed by atoms with E-state index in [4.69, 9.17) is 16.3 Å². The summed E-state index contributed by atoms with van der Waals surface area (Å²) in [6.45, 7) is 1.82. The molecular formula is C11H9ClN2O3. The number of halogens is 1. The van der Waals surface area contributed by atoms with E-state index in [0.29, 0.717) is 21.8 Å². The normalized spacial score (nSPS) is 10.5. The Hall–Kier alpha value is -1.88. The van der Waals surface area contributed by atoms with Gasteiger partial charge in [-0.15, -0.1) is 0 Å². The first kappa shape index (κ1) is 11.6. The number of nitrogens with zero attached hydrogens (tertiary/aromatic N) is 2. The predicted molar refractivity (Wildman–Crippen MR) is 64.7 cm³/mol. The average molecular weight is 253 g/mol. The number of aromatic nitrogens is 1. The van der Waals surface area contributed by atoms with Crippen LogP contribution in [-0.4, -0.2) is 17.0 Å². The third-order valence-corrected chi connectivity index (χ3v) is 2.66. The molecule has 2 aromatic rings. The fourth-order valence-corrected chi connectivity index (χ4v) is 1.91. The molecule has 2 rings (SSSR count). The summed E-state index contributed by atoms with van der Waals surface area (Å²) >= 11 is 5.85. The molecular weight excluding hydrogens is 244 g/mol. The highest BCUT2D eigenvalue weighted by Gasteiger charge is 2.15. The van der Waals surface area contributed by atoms with Crippen molar-refractivity contribution in [2.75, 3.05) is 7.11 Å². The van der Waals surface area contributed by atoms with Crippen LogP contribution in [0.5, 0.6) is 5.75 Å². The monoisotopic (exact) mass is 252 g/mol. The number of pyridine rings is 1. The number of aryl methyl sites for hydroxylation is 1. The fourth-order valence-electron chi connectivity index (χ4n) is 1.67. The zero-order chi connectivity index (χ0) is 12.6. The number of ether oxygens (including phenoxy) is 1. The van der Waals surface area contributed by atoms with Crippen molar-refractivity contribution in [2.45, 2.75) is 6.92 Å². The number of nitro benzene ring substituents is 1. The number of hydrogen-bond donors (Lipinski definition) is 0. The molecule has 0 aliphatic carbocycles. The molecule has 1 aromatic heterocycles. The summed E-state index contributed by atoms with van der Waals surface area (Å²) in [7, 11) is 1.44. The van der Waals surface area contributed by atoms with Crippen molar-refractivity contribution in [3.63, 3.8) is 0 Å². The number of nitro groups is 1. The van der Waals surface area contributed by atoms with E-state index in [-0.39, 0.29) is 5.69 Å². The van der Waals surface area contributed by atoms with Crippen LogP contribution >= 0.6 is 11.6 Å². The summed E-state index contributed by atoms with van der Waals surface area (Å²) < 4.78 is 5.10. The second-order valence-electron chi connectivity index (χ2n) is 3.56. The number of fused-ring (bicyclic) bond motifs is 1. The lowest BCUT2D eigenvalue weighted by molar-refractivity contribution is -0.384. The van der Waals surface area contributed by atoms with Gasteiger partial charge in [0.25, 0.3) is 5.69 Å². The maximum atomic E-state index is 10.8. The summed E-state index contributed by atoms with van der Waals surface area (Å²) in [6, 6.07) is 4.47. The molecule has 0 fully saturated rings. The van der Waals surface area contributed by atoms with E-state index in [1.807, 2.05) is 6.92 Å². The summed E-state index contributed by atoms with van der Waals surface area (Å²) in [5, 5.41) is 11.8. The van der Waals surface area contributed by atoms with E-state index in [0.717, 1.165) is 5.56 Å². The van der Waals surface area contributed by atoms with Gasteiger partial charge in [-0.05, 0) is 18.6 Å². The average Bonchev–Trinajstić information content (AvgIpc) is 2.27. The maximum absolute atomic E-state index is 10.8. The van der Waals surface area contributed by atoms with Gasteiger partial charge in [-0.3, -0.25) is 10.1 Å². The second-order valence-corrected chi connectivity index (χ2v) is 3.95. The van der Waals surface area contributed by atoms with Gasteiger partial charge in [-0.1, -0.05) is 11.6 Å². The quantitative estimate of drug-likeness (QED) is 0.468. The zero-order valence-corrected chi connectivity index (χ0v) is 9.99. The molecule has 0 amide bonds. The highest BCUT2D eigenvalue weighted by Crippen LogP contribution is 2.32. The minimum Gasteiger partial charge on any atom is -0.494 e. The lowest BCUT2D eigenvalue weighted by atomic mass is 10.1. The SMILES string of the molecule is COc1cc([N+](=O)[O-])cc2c(C)cc(Cl)nc12. The van der Waals surface area contributed by atoms with Crippen LogP contribution in [0.2, 0.25) is 5.15 Å². The topological polar surface area (TPSA) is 65.3 Å². The van der Waals surface area contributed by atoms with Crippen molar-refractivity contribution in [3.8, 4) is 5.75 Å². The molecule has 0 saturated carbocycles. The van der Waals surface area contributed by atoms with Crippen LogP contribution in [0.15, 0.2) is 18.2 Å². The molecule has 6 heteroatoms. The van der Waals surface area contributed by atoms with E-state index >= 15 is 0 Å². The lowest BCUT2D eigenvalue weighted by Gasteiger charge is -2.07. The van der Waals surface area contributed by atoms with Crippen molar-refractivity contribution in [1.29, 1.82) is 0 Å². The molecule has 17 heavy (non-hydrogen) atoms. The van der Waals surface area contributed by atoms with Crippen LogP contribution < -0.4 is 4.74 Å². The van der Waals surface area contributed by atoms with Crippen LogP contribution in [0.25, 0.3) is 10.9 Å². The van der Waals surface area contributed by atoms with Gasteiger partial charge in [-0.2, -0.15) is 0 Å². The number of hydrogen-bond acceptors (Lipinski definition) is 4. The summed E-state index contributed by atoms with van der Waals surface area (Å²) in [5.74, 6) is 0.347.